The minimum absolute atomic E-state index is 0.0220. The maximum absolute atomic E-state index is 11.8. The van der Waals surface area contributed by atoms with Crippen molar-refractivity contribution in [2.75, 3.05) is 0 Å². The van der Waals surface area contributed by atoms with Crippen LogP contribution in [0.1, 0.15) is 27.0 Å². The van der Waals surface area contributed by atoms with E-state index in [1.54, 1.807) is 31.2 Å². The van der Waals surface area contributed by atoms with Crippen molar-refractivity contribution in [1.82, 2.24) is 5.43 Å². The summed E-state index contributed by atoms with van der Waals surface area (Å²) >= 11 is 0. The van der Waals surface area contributed by atoms with Crippen LogP contribution in [0.3, 0.4) is 0 Å². The topological polar surface area (TPSA) is 84.6 Å². The lowest BCUT2D eigenvalue weighted by Gasteiger charge is -2.01. The average Bonchev–Trinajstić information content (AvgIpc) is 2.49. The molecule has 0 unspecified atom stereocenters. The Labute approximate surface area is 127 Å². The molecular formula is C16H15N3O3. The number of rotatable bonds is 4. The van der Waals surface area contributed by atoms with Crippen molar-refractivity contribution in [2.24, 2.45) is 5.10 Å². The van der Waals surface area contributed by atoms with Crippen LogP contribution in [0.4, 0.5) is 5.69 Å². The van der Waals surface area contributed by atoms with Crippen molar-refractivity contribution in [3.05, 3.63) is 74.8 Å². The Morgan fingerprint density at radius 1 is 1.18 bits per heavy atom. The van der Waals surface area contributed by atoms with Crippen molar-refractivity contribution in [3.63, 3.8) is 0 Å². The molecule has 1 N–H and O–H groups in total. The van der Waals surface area contributed by atoms with E-state index in [0.29, 0.717) is 16.7 Å². The fraction of sp³-hybridized carbons (Fsp3) is 0.125. The van der Waals surface area contributed by atoms with E-state index in [-0.39, 0.29) is 11.6 Å². The van der Waals surface area contributed by atoms with Gasteiger partial charge in [0.05, 0.1) is 11.1 Å². The fourth-order valence-corrected chi connectivity index (χ4v) is 1.84. The summed E-state index contributed by atoms with van der Waals surface area (Å²) in [5, 5.41) is 14.7. The highest BCUT2D eigenvalue weighted by atomic mass is 16.6. The first-order chi connectivity index (χ1) is 10.5. The van der Waals surface area contributed by atoms with Gasteiger partial charge in [-0.2, -0.15) is 5.10 Å². The van der Waals surface area contributed by atoms with Gasteiger partial charge in [-0.05, 0) is 26.0 Å². The predicted molar refractivity (Wildman–Crippen MR) is 84.1 cm³/mol. The van der Waals surface area contributed by atoms with Crippen LogP contribution in [-0.2, 0) is 0 Å². The van der Waals surface area contributed by atoms with E-state index in [2.05, 4.69) is 10.5 Å². The molecule has 0 saturated carbocycles. The zero-order valence-electron chi connectivity index (χ0n) is 12.2. The van der Waals surface area contributed by atoms with Crippen LogP contribution in [0.2, 0.25) is 0 Å². The smallest absolute Gasteiger partial charge is 0.267 e. The molecule has 0 bridgehead atoms. The van der Waals surface area contributed by atoms with Gasteiger partial charge in [-0.3, -0.25) is 14.9 Å². The standard InChI is InChI=1S/C16H15N3O3/c1-11-3-7-14(8-4-11)16(20)18-17-10-13-6-5-12(2)15(9-13)19(21)22/h3-10H,1-2H3,(H,18,20)/b17-10-. The number of aryl methyl sites for hydroxylation is 2. The monoisotopic (exact) mass is 297 g/mol. The maximum atomic E-state index is 11.8. The third kappa shape index (κ3) is 3.76. The lowest BCUT2D eigenvalue weighted by Crippen LogP contribution is -2.17. The van der Waals surface area contributed by atoms with Gasteiger partial charge in [0.15, 0.2) is 0 Å². The van der Waals surface area contributed by atoms with Crippen LogP contribution in [-0.4, -0.2) is 17.0 Å². The van der Waals surface area contributed by atoms with E-state index in [9.17, 15) is 14.9 Å². The largest absolute Gasteiger partial charge is 0.272 e. The summed E-state index contributed by atoms with van der Waals surface area (Å²) in [5.74, 6) is -0.335. The van der Waals surface area contributed by atoms with Crippen molar-refractivity contribution in [3.8, 4) is 0 Å². The predicted octanol–water partition coefficient (Wildman–Crippen LogP) is 2.98. The summed E-state index contributed by atoms with van der Waals surface area (Å²) in [6.45, 7) is 3.60. The van der Waals surface area contributed by atoms with E-state index in [1.807, 2.05) is 19.1 Å². The average molecular weight is 297 g/mol. The first kappa shape index (κ1) is 15.4. The van der Waals surface area contributed by atoms with Crippen molar-refractivity contribution >= 4 is 17.8 Å². The van der Waals surface area contributed by atoms with Crippen LogP contribution >= 0.6 is 0 Å². The summed E-state index contributed by atoms with van der Waals surface area (Å²) in [6.07, 6.45) is 1.37. The number of hydrogen-bond acceptors (Lipinski definition) is 4. The van der Waals surface area contributed by atoms with Gasteiger partial charge in [0.2, 0.25) is 0 Å². The highest BCUT2D eigenvalue weighted by molar-refractivity contribution is 5.94. The highest BCUT2D eigenvalue weighted by Gasteiger charge is 2.10. The summed E-state index contributed by atoms with van der Waals surface area (Å²) in [5.41, 5.74) is 5.09. The Morgan fingerprint density at radius 3 is 2.50 bits per heavy atom. The molecule has 0 heterocycles. The molecule has 2 aromatic carbocycles. The molecule has 0 aromatic heterocycles. The number of nitro groups is 1. The zero-order chi connectivity index (χ0) is 16.1. The Kier molecular flexibility index (Phi) is 4.63. The Balaban J connectivity index is 2.06. The molecule has 0 aliphatic carbocycles. The molecule has 6 nitrogen and oxygen atoms in total. The number of nitro benzene ring substituents is 1. The van der Waals surface area contributed by atoms with Crippen molar-refractivity contribution in [1.29, 1.82) is 0 Å². The number of carbonyl (C=O) groups excluding carboxylic acids is 1. The van der Waals surface area contributed by atoms with Gasteiger partial charge in [-0.1, -0.05) is 29.8 Å². The van der Waals surface area contributed by atoms with Crippen molar-refractivity contribution in [2.45, 2.75) is 13.8 Å². The molecule has 6 heteroatoms. The molecule has 0 aliphatic rings. The third-order valence-electron chi connectivity index (χ3n) is 3.12. The van der Waals surface area contributed by atoms with Gasteiger partial charge in [-0.25, -0.2) is 5.43 Å². The maximum Gasteiger partial charge on any atom is 0.272 e. The van der Waals surface area contributed by atoms with Crippen LogP contribution < -0.4 is 5.43 Å². The fourth-order valence-electron chi connectivity index (χ4n) is 1.84. The van der Waals surface area contributed by atoms with E-state index in [0.717, 1.165) is 5.56 Å². The summed E-state index contributed by atoms with van der Waals surface area (Å²) in [7, 11) is 0. The van der Waals surface area contributed by atoms with Gasteiger partial charge in [-0.15, -0.1) is 0 Å². The van der Waals surface area contributed by atoms with Gasteiger partial charge in [0, 0.05) is 22.8 Å². The second-order valence-electron chi connectivity index (χ2n) is 4.87. The second-order valence-corrected chi connectivity index (χ2v) is 4.87. The summed E-state index contributed by atoms with van der Waals surface area (Å²) in [6, 6.07) is 11.8. The Morgan fingerprint density at radius 2 is 1.86 bits per heavy atom. The number of nitrogens with zero attached hydrogens (tertiary/aromatic N) is 2. The van der Waals surface area contributed by atoms with Gasteiger partial charge in [0.25, 0.3) is 11.6 Å². The van der Waals surface area contributed by atoms with Crippen LogP contribution in [0.25, 0.3) is 0 Å². The molecule has 0 fully saturated rings. The number of hydrazone groups is 1. The lowest BCUT2D eigenvalue weighted by atomic mass is 10.1. The van der Waals surface area contributed by atoms with E-state index in [1.165, 1.54) is 12.3 Å². The molecule has 22 heavy (non-hydrogen) atoms. The van der Waals surface area contributed by atoms with Gasteiger partial charge < -0.3 is 0 Å². The molecule has 2 aromatic rings. The first-order valence-electron chi connectivity index (χ1n) is 6.62. The minimum Gasteiger partial charge on any atom is -0.267 e. The molecule has 1 amide bonds. The lowest BCUT2D eigenvalue weighted by molar-refractivity contribution is -0.385. The van der Waals surface area contributed by atoms with Crippen molar-refractivity contribution < 1.29 is 9.72 Å². The number of nitrogens with one attached hydrogen (secondary N) is 1. The molecule has 0 radical (unpaired) electrons. The summed E-state index contributed by atoms with van der Waals surface area (Å²) in [4.78, 5) is 22.3. The van der Waals surface area contributed by atoms with Crippen LogP contribution in [0.15, 0.2) is 47.6 Å². The molecular weight excluding hydrogens is 282 g/mol. The van der Waals surface area contributed by atoms with Crippen LogP contribution in [0.5, 0.6) is 0 Å². The highest BCUT2D eigenvalue weighted by Crippen LogP contribution is 2.18. The zero-order valence-corrected chi connectivity index (χ0v) is 12.2. The number of hydrogen-bond donors (Lipinski definition) is 1. The van der Waals surface area contributed by atoms with Gasteiger partial charge >= 0.3 is 0 Å². The number of benzene rings is 2. The third-order valence-corrected chi connectivity index (χ3v) is 3.12. The Hall–Kier alpha value is -3.02. The number of carbonyl (C=O) groups is 1. The quantitative estimate of drug-likeness (QED) is 0.535. The minimum atomic E-state index is -0.447. The second kappa shape index (κ2) is 6.62. The molecule has 0 aliphatic heterocycles. The van der Waals surface area contributed by atoms with E-state index >= 15 is 0 Å². The molecule has 112 valence electrons. The molecule has 0 saturated heterocycles. The number of amides is 1. The van der Waals surface area contributed by atoms with E-state index in [4.69, 9.17) is 0 Å². The molecule has 0 atom stereocenters. The normalized spacial score (nSPS) is 10.6. The summed E-state index contributed by atoms with van der Waals surface area (Å²) < 4.78 is 0. The van der Waals surface area contributed by atoms with Crippen LogP contribution in [0, 0.1) is 24.0 Å². The van der Waals surface area contributed by atoms with Gasteiger partial charge in [0.1, 0.15) is 0 Å². The Bertz CT molecular complexity index is 737. The molecule has 0 spiro atoms. The first-order valence-corrected chi connectivity index (χ1v) is 6.62. The van der Waals surface area contributed by atoms with E-state index < -0.39 is 4.92 Å². The SMILES string of the molecule is Cc1ccc(C(=O)N/N=C\c2ccc(C)c([N+](=O)[O-])c2)cc1. The molecule has 2 rings (SSSR count).